The number of aryl methyl sites for hydroxylation is 1. The third-order valence-corrected chi connectivity index (χ3v) is 5.77. The Labute approximate surface area is 126 Å². The average molecular weight is 336 g/mol. The monoisotopic (exact) mass is 336 g/mol. The standard InChI is InChI=1S/C13H21O6PS/c1-4-10-17-20(14,18-11-5-2)19-21(15,16)13-8-6-12(3)7-9-13/h6-9H,4-5,10-11H2,1-3H3. The summed E-state index contributed by atoms with van der Waals surface area (Å²) in [5.74, 6) is 0. The molecular weight excluding hydrogens is 315 g/mol. The first-order valence-electron chi connectivity index (χ1n) is 6.75. The van der Waals surface area contributed by atoms with E-state index in [1.54, 1.807) is 26.0 Å². The SMILES string of the molecule is CCCOP(=O)(OCCC)OS(=O)(=O)c1ccc(C)cc1. The molecule has 0 fully saturated rings. The fourth-order valence-electron chi connectivity index (χ4n) is 1.35. The summed E-state index contributed by atoms with van der Waals surface area (Å²) >= 11 is 0. The van der Waals surface area contributed by atoms with Gasteiger partial charge in [-0.2, -0.15) is 12.4 Å². The van der Waals surface area contributed by atoms with E-state index in [2.05, 4.69) is 0 Å². The van der Waals surface area contributed by atoms with Gasteiger partial charge in [-0.15, -0.1) is 0 Å². The Bertz CT molecular complexity index is 569. The molecule has 0 aliphatic heterocycles. The van der Waals surface area contributed by atoms with Gasteiger partial charge in [0.1, 0.15) is 0 Å². The van der Waals surface area contributed by atoms with Gasteiger partial charge in [0.05, 0.1) is 18.1 Å². The van der Waals surface area contributed by atoms with Gasteiger partial charge in [0, 0.05) is 0 Å². The van der Waals surface area contributed by atoms with Gasteiger partial charge < -0.3 is 0 Å². The Morgan fingerprint density at radius 3 is 1.90 bits per heavy atom. The second-order valence-corrected chi connectivity index (χ2v) is 7.84. The minimum absolute atomic E-state index is 0.0877. The summed E-state index contributed by atoms with van der Waals surface area (Å²) in [6.45, 7) is 5.61. The zero-order valence-electron chi connectivity index (χ0n) is 12.4. The molecule has 0 unspecified atom stereocenters. The molecule has 0 saturated heterocycles. The van der Waals surface area contributed by atoms with Gasteiger partial charge in [-0.25, -0.2) is 4.57 Å². The van der Waals surface area contributed by atoms with Crippen LogP contribution in [-0.4, -0.2) is 21.6 Å². The highest BCUT2D eigenvalue weighted by molar-refractivity contribution is 7.90. The molecule has 0 radical (unpaired) electrons. The molecule has 0 aliphatic carbocycles. The average Bonchev–Trinajstić information content (AvgIpc) is 2.43. The van der Waals surface area contributed by atoms with E-state index in [9.17, 15) is 13.0 Å². The van der Waals surface area contributed by atoms with Crippen molar-refractivity contribution in [3.05, 3.63) is 29.8 Å². The summed E-state index contributed by atoms with van der Waals surface area (Å²) in [6.07, 6.45) is 1.13. The van der Waals surface area contributed by atoms with Crippen LogP contribution in [0.2, 0.25) is 0 Å². The number of hydrogen-bond acceptors (Lipinski definition) is 6. The van der Waals surface area contributed by atoms with Crippen LogP contribution in [0.15, 0.2) is 29.2 Å². The largest absolute Gasteiger partial charge is 0.489 e. The van der Waals surface area contributed by atoms with Crippen molar-refractivity contribution >= 4 is 17.9 Å². The van der Waals surface area contributed by atoms with Gasteiger partial charge in [-0.3, -0.25) is 9.05 Å². The molecule has 0 spiro atoms. The van der Waals surface area contributed by atoms with Crippen LogP contribution in [0.4, 0.5) is 0 Å². The maximum Gasteiger partial charge on any atom is 0.489 e. The summed E-state index contributed by atoms with van der Waals surface area (Å²) in [5.41, 5.74) is 0.904. The number of rotatable bonds is 9. The lowest BCUT2D eigenvalue weighted by Crippen LogP contribution is -2.09. The fraction of sp³-hybridized carbons (Fsp3) is 0.538. The van der Waals surface area contributed by atoms with Gasteiger partial charge >= 0.3 is 17.9 Å². The molecule has 6 nitrogen and oxygen atoms in total. The van der Waals surface area contributed by atoms with E-state index < -0.39 is 17.9 Å². The summed E-state index contributed by atoms with van der Waals surface area (Å²) < 4.78 is 51.3. The predicted molar refractivity (Wildman–Crippen MR) is 79.5 cm³/mol. The van der Waals surface area contributed by atoms with Crippen LogP contribution in [0.5, 0.6) is 0 Å². The van der Waals surface area contributed by atoms with Gasteiger partial charge in [0.25, 0.3) is 0 Å². The van der Waals surface area contributed by atoms with Crippen molar-refractivity contribution < 1.29 is 26.0 Å². The molecule has 0 saturated carbocycles. The molecule has 0 N–H and O–H groups in total. The van der Waals surface area contributed by atoms with E-state index in [4.69, 9.17) is 13.0 Å². The van der Waals surface area contributed by atoms with Crippen LogP contribution >= 0.6 is 7.82 Å². The van der Waals surface area contributed by atoms with Gasteiger partial charge in [0.15, 0.2) is 0 Å². The zero-order valence-corrected chi connectivity index (χ0v) is 14.2. The van der Waals surface area contributed by atoms with E-state index in [1.165, 1.54) is 12.1 Å². The highest BCUT2D eigenvalue weighted by Crippen LogP contribution is 2.52. The predicted octanol–water partition coefficient (Wildman–Crippen LogP) is 3.66. The maximum absolute atomic E-state index is 12.3. The van der Waals surface area contributed by atoms with E-state index >= 15 is 0 Å². The van der Waals surface area contributed by atoms with Crippen LogP contribution in [0.1, 0.15) is 32.3 Å². The second kappa shape index (κ2) is 8.06. The van der Waals surface area contributed by atoms with E-state index in [-0.39, 0.29) is 18.1 Å². The topological polar surface area (TPSA) is 78.9 Å². The molecule has 1 rings (SSSR count). The summed E-state index contributed by atoms with van der Waals surface area (Å²) in [6, 6.07) is 6.02. The Morgan fingerprint density at radius 2 is 1.48 bits per heavy atom. The third-order valence-electron chi connectivity index (χ3n) is 2.41. The van der Waals surface area contributed by atoms with Crippen molar-refractivity contribution in [2.24, 2.45) is 0 Å². The van der Waals surface area contributed by atoms with Crippen molar-refractivity contribution in [3.63, 3.8) is 0 Å². The lowest BCUT2D eigenvalue weighted by atomic mass is 10.2. The minimum Gasteiger partial charge on any atom is -0.286 e. The fourth-order valence-corrected chi connectivity index (χ4v) is 4.36. The summed E-state index contributed by atoms with van der Waals surface area (Å²) in [5, 5.41) is 0. The zero-order chi connectivity index (χ0) is 15.9. The molecule has 0 bridgehead atoms. The van der Waals surface area contributed by atoms with Crippen molar-refractivity contribution in [2.75, 3.05) is 13.2 Å². The number of phosphoric ester groups is 1. The first kappa shape index (κ1) is 18.3. The van der Waals surface area contributed by atoms with Crippen LogP contribution in [0, 0.1) is 6.92 Å². The van der Waals surface area contributed by atoms with Gasteiger partial charge in [0.2, 0.25) is 0 Å². The highest BCUT2D eigenvalue weighted by Gasteiger charge is 2.34. The van der Waals surface area contributed by atoms with Gasteiger partial charge in [-0.05, 0) is 31.9 Å². The first-order valence-corrected chi connectivity index (χ1v) is 9.62. The molecule has 21 heavy (non-hydrogen) atoms. The van der Waals surface area contributed by atoms with Crippen LogP contribution in [0.3, 0.4) is 0 Å². The minimum atomic E-state index is -4.21. The third kappa shape index (κ3) is 5.88. The Hall–Kier alpha value is -0.720. The van der Waals surface area contributed by atoms with Crippen LogP contribution in [0.25, 0.3) is 0 Å². The molecule has 0 atom stereocenters. The van der Waals surface area contributed by atoms with Crippen molar-refractivity contribution in [1.29, 1.82) is 0 Å². The molecule has 0 amide bonds. The number of phosphoric acid groups is 1. The molecule has 1 aromatic carbocycles. The molecule has 0 aliphatic rings. The van der Waals surface area contributed by atoms with Crippen molar-refractivity contribution in [1.82, 2.24) is 0 Å². The smallest absolute Gasteiger partial charge is 0.286 e. The second-order valence-electron chi connectivity index (χ2n) is 4.46. The van der Waals surface area contributed by atoms with Crippen molar-refractivity contribution in [3.8, 4) is 0 Å². The number of hydrogen-bond donors (Lipinski definition) is 0. The van der Waals surface area contributed by atoms with Crippen LogP contribution in [-0.2, 0) is 27.7 Å². The van der Waals surface area contributed by atoms with E-state index in [0.29, 0.717) is 12.8 Å². The molecule has 0 heterocycles. The van der Waals surface area contributed by atoms with E-state index in [0.717, 1.165) is 5.56 Å². The Morgan fingerprint density at radius 1 is 1.00 bits per heavy atom. The summed E-state index contributed by atoms with van der Waals surface area (Å²) in [4.78, 5) is -0.0893. The molecule has 1 aromatic rings. The molecular formula is C13H21O6PS. The highest BCUT2D eigenvalue weighted by atomic mass is 32.2. The van der Waals surface area contributed by atoms with Crippen LogP contribution < -0.4 is 0 Å². The lowest BCUT2D eigenvalue weighted by Gasteiger charge is -2.17. The quantitative estimate of drug-likeness (QED) is 0.640. The Kier molecular flexibility index (Phi) is 7.03. The maximum atomic E-state index is 12.3. The molecule has 120 valence electrons. The van der Waals surface area contributed by atoms with Gasteiger partial charge in [-0.1, -0.05) is 31.5 Å². The lowest BCUT2D eigenvalue weighted by molar-refractivity contribution is 0.157. The number of benzene rings is 1. The molecule has 0 aromatic heterocycles. The first-order chi connectivity index (χ1) is 9.83. The normalized spacial score (nSPS) is 12.5. The molecule has 8 heteroatoms. The van der Waals surface area contributed by atoms with E-state index in [1.807, 2.05) is 6.92 Å². The Balaban J connectivity index is 2.95. The van der Waals surface area contributed by atoms with Crippen molar-refractivity contribution in [2.45, 2.75) is 38.5 Å². The summed E-state index contributed by atoms with van der Waals surface area (Å²) in [7, 11) is -8.35.